The molecule has 0 fully saturated rings. The van der Waals surface area contributed by atoms with Gasteiger partial charge in [-0.3, -0.25) is 19.7 Å². The number of hydrogen-bond donors (Lipinski definition) is 3. The summed E-state index contributed by atoms with van der Waals surface area (Å²) < 4.78 is 17.9. The van der Waals surface area contributed by atoms with Gasteiger partial charge in [-0.25, -0.2) is 4.39 Å². The Morgan fingerprint density at radius 1 is 1.14 bits per heavy atom. The first-order chi connectivity index (χ1) is 13.7. The molecule has 0 aliphatic carbocycles. The largest absolute Gasteiger partial charge is 0.490 e. The van der Waals surface area contributed by atoms with Crippen LogP contribution in [0.4, 0.5) is 21.5 Å². The molecular formula is C19H22FN4O5+. The molecule has 0 heterocycles. The number of halogens is 1. The Labute approximate surface area is 166 Å². The van der Waals surface area contributed by atoms with E-state index >= 15 is 0 Å². The van der Waals surface area contributed by atoms with E-state index in [2.05, 4.69) is 10.6 Å². The Kier molecular flexibility index (Phi) is 7.21. The number of aryl methyl sites for hydroxylation is 1. The molecule has 154 valence electrons. The van der Waals surface area contributed by atoms with Crippen LogP contribution >= 0.6 is 0 Å². The molecule has 0 radical (unpaired) electrons. The second-order valence-corrected chi connectivity index (χ2v) is 6.51. The fourth-order valence-corrected chi connectivity index (χ4v) is 2.66. The summed E-state index contributed by atoms with van der Waals surface area (Å²) in [4.78, 5) is 35.4. The van der Waals surface area contributed by atoms with Crippen molar-refractivity contribution in [2.24, 2.45) is 0 Å². The van der Waals surface area contributed by atoms with Gasteiger partial charge in [-0.05, 0) is 36.8 Å². The third kappa shape index (κ3) is 6.25. The highest BCUT2D eigenvalue weighted by atomic mass is 19.1. The van der Waals surface area contributed by atoms with E-state index in [1.165, 1.54) is 43.5 Å². The van der Waals surface area contributed by atoms with Gasteiger partial charge in [0.2, 0.25) is 0 Å². The summed E-state index contributed by atoms with van der Waals surface area (Å²) in [5.74, 6) is -1.05. The molecule has 1 atom stereocenters. The molecule has 9 nitrogen and oxygen atoms in total. The molecule has 10 heteroatoms. The smallest absolute Gasteiger partial charge is 0.311 e. The minimum absolute atomic E-state index is 0.00438. The predicted octanol–water partition coefficient (Wildman–Crippen LogP) is 1.14. The summed E-state index contributed by atoms with van der Waals surface area (Å²) in [6.45, 7) is 1.65. The maximum Gasteiger partial charge on any atom is 0.311 e. The van der Waals surface area contributed by atoms with Crippen LogP contribution in [0.15, 0.2) is 36.4 Å². The van der Waals surface area contributed by atoms with Crippen molar-refractivity contribution < 1.29 is 28.5 Å². The zero-order valence-electron chi connectivity index (χ0n) is 16.2. The van der Waals surface area contributed by atoms with Crippen LogP contribution in [0.3, 0.4) is 0 Å². The monoisotopic (exact) mass is 405 g/mol. The van der Waals surface area contributed by atoms with Crippen molar-refractivity contribution in [1.82, 2.24) is 0 Å². The van der Waals surface area contributed by atoms with Gasteiger partial charge >= 0.3 is 5.69 Å². The van der Waals surface area contributed by atoms with E-state index < -0.39 is 10.7 Å². The standard InChI is InChI=1S/C19H21FN4O5/c1-12-8-16(24(27)28)17(29-3)9-15(12)22-19(26)11-23(2)10-18(25)21-14-6-4-13(20)5-7-14/h4-9H,10-11H2,1-3H3,(H,21,25)(H,22,26)/p+1. The Morgan fingerprint density at radius 3 is 2.28 bits per heavy atom. The number of ether oxygens (including phenoxy) is 1. The number of anilines is 2. The maximum atomic E-state index is 12.9. The van der Waals surface area contributed by atoms with Crippen molar-refractivity contribution >= 4 is 28.9 Å². The first kappa shape index (κ1) is 21.8. The maximum absolute atomic E-state index is 12.9. The molecule has 2 amide bonds. The van der Waals surface area contributed by atoms with Crippen LogP contribution in [0.25, 0.3) is 0 Å². The van der Waals surface area contributed by atoms with Crippen LogP contribution in [-0.2, 0) is 9.59 Å². The number of hydrogen-bond acceptors (Lipinski definition) is 5. The lowest BCUT2D eigenvalue weighted by atomic mass is 10.1. The molecule has 2 aromatic rings. The second-order valence-electron chi connectivity index (χ2n) is 6.51. The lowest BCUT2D eigenvalue weighted by molar-refractivity contribution is -0.862. The number of methoxy groups -OCH3 is 1. The third-order valence-corrected chi connectivity index (χ3v) is 4.05. The minimum atomic E-state index is -0.560. The molecule has 0 bridgehead atoms. The van der Waals surface area contributed by atoms with E-state index in [0.717, 1.165) is 0 Å². The number of likely N-dealkylation sites (N-methyl/N-ethyl adjacent to an activating group) is 1. The Balaban J connectivity index is 1.93. The number of nitro benzene ring substituents is 1. The number of carbonyl (C=O) groups is 2. The summed E-state index contributed by atoms with van der Waals surface area (Å²) in [5, 5.41) is 16.3. The van der Waals surface area contributed by atoms with E-state index in [0.29, 0.717) is 21.8 Å². The first-order valence-electron chi connectivity index (χ1n) is 8.69. The molecule has 29 heavy (non-hydrogen) atoms. The summed E-state index contributed by atoms with van der Waals surface area (Å²) in [6.07, 6.45) is 0. The van der Waals surface area contributed by atoms with Gasteiger partial charge in [0, 0.05) is 23.5 Å². The number of amides is 2. The molecule has 1 unspecified atom stereocenters. The number of quaternary nitrogens is 1. The quantitative estimate of drug-likeness (QED) is 0.450. The average molecular weight is 405 g/mol. The molecule has 0 aliphatic rings. The van der Waals surface area contributed by atoms with Crippen LogP contribution in [0.2, 0.25) is 0 Å². The lowest BCUT2D eigenvalue weighted by Crippen LogP contribution is -3.11. The van der Waals surface area contributed by atoms with Crippen molar-refractivity contribution in [3.63, 3.8) is 0 Å². The fraction of sp³-hybridized carbons (Fsp3) is 0.263. The van der Waals surface area contributed by atoms with Gasteiger partial charge in [0.05, 0.1) is 19.1 Å². The average Bonchev–Trinajstić information content (AvgIpc) is 2.64. The summed E-state index contributed by atoms with van der Waals surface area (Å²) in [5.41, 5.74) is 1.17. The van der Waals surface area contributed by atoms with E-state index in [9.17, 15) is 24.1 Å². The number of nitrogens with one attached hydrogen (secondary N) is 3. The van der Waals surface area contributed by atoms with Crippen LogP contribution in [-0.4, -0.2) is 44.0 Å². The number of nitrogens with zero attached hydrogens (tertiary/aromatic N) is 1. The molecule has 0 aliphatic heterocycles. The molecule has 0 saturated heterocycles. The summed E-state index contributed by atoms with van der Waals surface area (Å²) in [7, 11) is 2.98. The van der Waals surface area contributed by atoms with Crippen molar-refractivity contribution in [2.45, 2.75) is 6.92 Å². The van der Waals surface area contributed by atoms with Crippen molar-refractivity contribution in [1.29, 1.82) is 0 Å². The summed E-state index contributed by atoms with van der Waals surface area (Å²) >= 11 is 0. The second kappa shape index (κ2) is 9.60. The highest BCUT2D eigenvalue weighted by molar-refractivity contribution is 5.94. The predicted molar refractivity (Wildman–Crippen MR) is 105 cm³/mol. The number of nitro groups is 1. The van der Waals surface area contributed by atoms with Gasteiger partial charge in [-0.1, -0.05) is 0 Å². The van der Waals surface area contributed by atoms with Crippen LogP contribution in [0.5, 0.6) is 5.75 Å². The van der Waals surface area contributed by atoms with Gasteiger partial charge in [-0.15, -0.1) is 0 Å². The Hall–Kier alpha value is -3.53. The van der Waals surface area contributed by atoms with E-state index in [1.807, 2.05) is 0 Å². The van der Waals surface area contributed by atoms with E-state index in [-0.39, 0.29) is 36.3 Å². The summed E-state index contributed by atoms with van der Waals surface area (Å²) in [6, 6.07) is 8.07. The van der Waals surface area contributed by atoms with E-state index in [1.54, 1.807) is 14.0 Å². The van der Waals surface area contributed by atoms with Gasteiger partial charge < -0.3 is 20.3 Å². The zero-order valence-corrected chi connectivity index (χ0v) is 16.2. The van der Waals surface area contributed by atoms with Gasteiger partial charge in [-0.2, -0.15) is 0 Å². The van der Waals surface area contributed by atoms with Gasteiger partial charge in [0.25, 0.3) is 11.8 Å². The van der Waals surface area contributed by atoms with Crippen molar-refractivity contribution in [2.75, 3.05) is 37.9 Å². The number of rotatable bonds is 8. The molecule has 0 spiro atoms. The lowest BCUT2D eigenvalue weighted by Gasteiger charge is -2.15. The van der Waals surface area contributed by atoms with Crippen LogP contribution in [0, 0.1) is 22.9 Å². The molecule has 2 rings (SSSR count). The fourth-order valence-electron chi connectivity index (χ4n) is 2.66. The van der Waals surface area contributed by atoms with Crippen molar-refractivity contribution in [3.05, 3.63) is 57.9 Å². The third-order valence-electron chi connectivity index (χ3n) is 4.05. The van der Waals surface area contributed by atoms with Crippen molar-refractivity contribution in [3.8, 4) is 5.75 Å². The number of carbonyl (C=O) groups excluding carboxylic acids is 2. The molecule has 0 saturated carbocycles. The first-order valence-corrected chi connectivity index (χ1v) is 8.69. The zero-order chi connectivity index (χ0) is 21.6. The molecule has 0 aromatic heterocycles. The highest BCUT2D eigenvalue weighted by Gasteiger charge is 2.20. The highest BCUT2D eigenvalue weighted by Crippen LogP contribution is 2.32. The Morgan fingerprint density at radius 2 is 1.72 bits per heavy atom. The van der Waals surface area contributed by atoms with Gasteiger partial charge in [0.15, 0.2) is 18.8 Å². The van der Waals surface area contributed by atoms with E-state index in [4.69, 9.17) is 4.74 Å². The molecular weight excluding hydrogens is 383 g/mol. The van der Waals surface area contributed by atoms with Crippen LogP contribution < -0.4 is 20.3 Å². The minimum Gasteiger partial charge on any atom is -0.490 e. The Bertz CT molecular complexity index is 918. The molecule has 2 aromatic carbocycles. The topological polar surface area (TPSA) is 115 Å². The number of benzene rings is 2. The SMILES string of the molecule is COc1cc(NC(=O)C[NH+](C)CC(=O)Nc2ccc(F)cc2)c(C)cc1[N+](=O)[O-]. The molecule has 3 N–H and O–H groups in total. The normalized spacial score (nSPS) is 11.4. The van der Waals surface area contributed by atoms with Crippen LogP contribution in [0.1, 0.15) is 5.56 Å². The van der Waals surface area contributed by atoms with Gasteiger partial charge in [0.1, 0.15) is 5.82 Å².